The van der Waals surface area contributed by atoms with Crippen LogP contribution in [0.15, 0.2) is 29.2 Å². The highest BCUT2D eigenvalue weighted by Crippen LogP contribution is 2.62. The monoisotopic (exact) mass is 331 g/mol. The molecule has 0 amide bonds. The first-order valence-corrected chi connectivity index (χ1v) is 9.75. The molecule has 3 fully saturated rings. The lowest BCUT2D eigenvalue weighted by Gasteiger charge is -2.43. The summed E-state index contributed by atoms with van der Waals surface area (Å²) in [6, 6.07) is 9.18. The lowest BCUT2D eigenvalue weighted by Crippen LogP contribution is -2.45. The molecule has 0 heterocycles. The number of fused-ring (bicyclic) bond motifs is 2. The summed E-state index contributed by atoms with van der Waals surface area (Å²) in [5.41, 5.74) is 0.405. The number of nitrogens with zero attached hydrogens (tertiary/aromatic N) is 1. The molecule has 3 saturated carbocycles. The molecule has 4 rings (SSSR count). The van der Waals surface area contributed by atoms with Crippen LogP contribution in [0.1, 0.15) is 37.7 Å². The van der Waals surface area contributed by atoms with E-state index in [4.69, 9.17) is 4.18 Å². The Morgan fingerprint density at radius 2 is 1.83 bits per heavy atom. The van der Waals surface area contributed by atoms with Crippen molar-refractivity contribution in [1.29, 1.82) is 5.26 Å². The fourth-order valence-electron chi connectivity index (χ4n) is 5.14. The molecule has 1 aromatic carbocycles. The Kier molecular flexibility index (Phi) is 3.33. The molecule has 0 radical (unpaired) electrons. The minimum atomic E-state index is -3.82. The Morgan fingerprint density at radius 3 is 2.52 bits per heavy atom. The summed E-state index contributed by atoms with van der Waals surface area (Å²) in [6.07, 6.45) is 4.27. The van der Waals surface area contributed by atoms with Crippen molar-refractivity contribution in [2.75, 3.05) is 0 Å². The van der Waals surface area contributed by atoms with Gasteiger partial charge in [-0.1, -0.05) is 17.7 Å². The van der Waals surface area contributed by atoms with Crippen molar-refractivity contribution in [2.24, 2.45) is 23.2 Å². The standard InChI is InChI=1S/C18H21NO3S/c1-12-2-4-16(5-3-12)23(20,21)22-17-9-13-6-14-8-15(7-13)18(17,10-14)11-19/h2-5,13-15,17H,6-10H2,1H3/t13-,14+,15-,17-,18-/m1/s1. The second kappa shape index (κ2) is 5.06. The maximum absolute atomic E-state index is 12.6. The fourth-order valence-corrected chi connectivity index (χ4v) is 6.28. The van der Waals surface area contributed by atoms with Gasteiger partial charge in [0.1, 0.15) is 0 Å². The zero-order valence-corrected chi connectivity index (χ0v) is 14.1. The summed E-state index contributed by atoms with van der Waals surface area (Å²) < 4.78 is 31.0. The van der Waals surface area contributed by atoms with Gasteiger partial charge in [0.05, 0.1) is 22.5 Å². The van der Waals surface area contributed by atoms with E-state index in [0.717, 1.165) is 31.2 Å². The first-order valence-electron chi connectivity index (χ1n) is 8.34. The van der Waals surface area contributed by atoms with Gasteiger partial charge in [0.25, 0.3) is 10.1 Å². The number of hydrogen-bond acceptors (Lipinski definition) is 4. The van der Waals surface area contributed by atoms with E-state index < -0.39 is 21.6 Å². The molecule has 3 aliphatic rings. The van der Waals surface area contributed by atoms with E-state index in [-0.39, 0.29) is 4.90 Å². The Labute approximate surface area is 137 Å². The smallest absolute Gasteiger partial charge is 0.261 e. The number of nitriles is 1. The third-order valence-corrected chi connectivity index (χ3v) is 7.48. The molecule has 3 aliphatic carbocycles. The topological polar surface area (TPSA) is 67.2 Å². The van der Waals surface area contributed by atoms with Crippen LogP contribution in [0.5, 0.6) is 0 Å². The maximum Gasteiger partial charge on any atom is 0.297 e. The van der Waals surface area contributed by atoms with E-state index in [1.54, 1.807) is 24.3 Å². The zero-order chi connectivity index (χ0) is 16.2. The van der Waals surface area contributed by atoms with Crippen molar-refractivity contribution in [3.05, 3.63) is 29.8 Å². The first-order chi connectivity index (χ1) is 10.9. The van der Waals surface area contributed by atoms with Crippen molar-refractivity contribution in [3.8, 4) is 6.07 Å². The van der Waals surface area contributed by atoms with Gasteiger partial charge in [-0.2, -0.15) is 13.7 Å². The van der Waals surface area contributed by atoms with Crippen molar-refractivity contribution in [3.63, 3.8) is 0 Å². The largest absolute Gasteiger partial charge is 0.297 e. The second-order valence-corrected chi connectivity index (χ2v) is 9.15. The van der Waals surface area contributed by atoms with Gasteiger partial charge in [0.15, 0.2) is 0 Å². The number of benzene rings is 1. The summed E-state index contributed by atoms with van der Waals surface area (Å²) in [5, 5.41) is 9.84. The third-order valence-electron chi connectivity index (χ3n) is 6.14. The van der Waals surface area contributed by atoms with E-state index in [1.807, 2.05) is 6.92 Å². The minimum Gasteiger partial charge on any atom is -0.261 e. The van der Waals surface area contributed by atoms with E-state index in [1.165, 1.54) is 0 Å². The first kappa shape index (κ1) is 15.2. The molecule has 0 saturated heterocycles. The molecule has 0 N–H and O–H groups in total. The molecule has 1 aromatic rings. The highest BCUT2D eigenvalue weighted by molar-refractivity contribution is 7.86. The predicted molar refractivity (Wildman–Crippen MR) is 84.8 cm³/mol. The summed E-state index contributed by atoms with van der Waals surface area (Å²) >= 11 is 0. The van der Waals surface area contributed by atoms with Gasteiger partial charge in [-0.25, -0.2) is 0 Å². The molecular weight excluding hydrogens is 310 g/mol. The van der Waals surface area contributed by atoms with Gasteiger partial charge < -0.3 is 0 Å². The van der Waals surface area contributed by atoms with Crippen LogP contribution in [-0.4, -0.2) is 14.5 Å². The average molecular weight is 331 g/mol. The van der Waals surface area contributed by atoms with Gasteiger partial charge >= 0.3 is 0 Å². The van der Waals surface area contributed by atoms with Gasteiger partial charge in [0, 0.05) is 0 Å². The molecular formula is C18H21NO3S. The van der Waals surface area contributed by atoms with Gasteiger partial charge in [-0.3, -0.25) is 4.18 Å². The van der Waals surface area contributed by atoms with Gasteiger partial charge in [0.2, 0.25) is 0 Å². The van der Waals surface area contributed by atoms with Crippen LogP contribution in [0.25, 0.3) is 0 Å². The Hall–Kier alpha value is -1.38. The molecule has 0 aliphatic heterocycles. The van der Waals surface area contributed by atoms with Crippen molar-refractivity contribution in [1.82, 2.24) is 0 Å². The van der Waals surface area contributed by atoms with Crippen LogP contribution in [0.3, 0.4) is 0 Å². The number of hydrogen-bond donors (Lipinski definition) is 0. The molecule has 4 nitrogen and oxygen atoms in total. The minimum absolute atomic E-state index is 0.184. The van der Waals surface area contributed by atoms with Crippen molar-refractivity contribution in [2.45, 2.75) is 50.0 Å². The summed E-state index contributed by atoms with van der Waals surface area (Å²) in [4.78, 5) is 0.184. The van der Waals surface area contributed by atoms with Gasteiger partial charge in [-0.15, -0.1) is 0 Å². The molecule has 122 valence electrons. The number of rotatable bonds is 3. The van der Waals surface area contributed by atoms with Crippen LogP contribution in [0.2, 0.25) is 0 Å². The lowest BCUT2D eigenvalue weighted by atomic mass is 9.63. The van der Waals surface area contributed by atoms with E-state index in [9.17, 15) is 13.7 Å². The van der Waals surface area contributed by atoms with Crippen LogP contribution in [0.4, 0.5) is 0 Å². The SMILES string of the molecule is Cc1ccc(S(=O)(=O)O[C@@H]2C[C@@H]3C[C@H]4C[C@@H](C3)[C@]2(C#N)C4)cc1. The maximum atomic E-state index is 12.6. The fraction of sp³-hybridized carbons (Fsp3) is 0.611. The van der Waals surface area contributed by atoms with E-state index >= 15 is 0 Å². The third kappa shape index (κ3) is 2.31. The Bertz CT molecular complexity index is 764. The Balaban J connectivity index is 1.66. The average Bonchev–Trinajstić information content (AvgIpc) is 2.71. The normalized spacial score (nSPS) is 38.4. The zero-order valence-electron chi connectivity index (χ0n) is 13.2. The summed E-state index contributed by atoms with van der Waals surface area (Å²) in [5.74, 6) is 1.40. The predicted octanol–water partition coefficient (Wildman–Crippen LogP) is 3.42. The van der Waals surface area contributed by atoms with E-state index in [2.05, 4.69) is 6.07 Å². The molecule has 23 heavy (non-hydrogen) atoms. The van der Waals surface area contributed by atoms with E-state index in [0.29, 0.717) is 24.2 Å². The number of aryl methyl sites for hydroxylation is 1. The van der Waals surface area contributed by atoms with Crippen LogP contribution in [0, 0.1) is 41.4 Å². The van der Waals surface area contributed by atoms with Gasteiger partial charge in [-0.05, 0) is 68.9 Å². The molecule has 5 heteroatoms. The molecule has 0 aromatic heterocycles. The van der Waals surface area contributed by atoms with Crippen molar-refractivity contribution >= 4 is 10.1 Å². The molecule has 5 atom stereocenters. The molecule has 3 bridgehead atoms. The van der Waals surface area contributed by atoms with Crippen LogP contribution in [-0.2, 0) is 14.3 Å². The van der Waals surface area contributed by atoms with Crippen LogP contribution < -0.4 is 0 Å². The quantitative estimate of drug-likeness (QED) is 0.796. The van der Waals surface area contributed by atoms with Crippen molar-refractivity contribution < 1.29 is 12.6 Å². The van der Waals surface area contributed by atoms with Crippen LogP contribution >= 0.6 is 0 Å². The highest BCUT2D eigenvalue weighted by Gasteiger charge is 2.61. The summed E-state index contributed by atoms with van der Waals surface area (Å²) in [7, 11) is -3.82. The highest BCUT2D eigenvalue weighted by atomic mass is 32.2. The lowest BCUT2D eigenvalue weighted by molar-refractivity contribution is 0.00105. The molecule has 0 unspecified atom stereocenters. The Morgan fingerprint density at radius 1 is 1.13 bits per heavy atom. The molecule has 0 spiro atoms. The summed E-state index contributed by atoms with van der Waals surface area (Å²) in [6.45, 7) is 1.92. The second-order valence-electron chi connectivity index (χ2n) is 7.58.